The van der Waals surface area contributed by atoms with Gasteiger partial charge in [0.05, 0.1) is 5.92 Å². The van der Waals surface area contributed by atoms with Gasteiger partial charge in [-0.15, -0.1) is 0 Å². The molecule has 2 aliphatic rings. The van der Waals surface area contributed by atoms with E-state index in [-0.39, 0.29) is 29.8 Å². The van der Waals surface area contributed by atoms with Gasteiger partial charge in [0, 0.05) is 32.1 Å². The number of carbonyl (C=O) groups is 3. The molecule has 0 radical (unpaired) electrons. The summed E-state index contributed by atoms with van der Waals surface area (Å²) in [5, 5.41) is 5.93. The number of nitrogens with zero attached hydrogens (tertiary/aromatic N) is 1. The third kappa shape index (κ3) is 7.32. The third-order valence-electron chi connectivity index (χ3n) is 5.50. The molecule has 0 aromatic rings. The minimum absolute atomic E-state index is 0.0218. The summed E-state index contributed by atoms with van der Waals surface area (Å²) in [7, 11) is 0. The third-order valence-corrected chi connectivity index (χ3v) is 5.50. The van der Waals surface area contributed by atoms with Gasteiger partial charge in [-0.3, -0.25) is 9.59 Å². The van der Waals surface area contributed by atoms with Gasteiger partial charge in [-0.25, -0.2) is 4.79 Å². The number of alkyl carbamates (subject to hydrolysis) is 1. The maximum atomic E-state index is 13.3. The Kier molecular flexibility index (Phi) is 8.13. The van der Waals surface area contributed by atoms with Crippen molar-refractivity contribution in [1.29, 1.82) is 0 Å². The summed E-state index contributed by atoms with van der Waals surface area (Å²) in [5.74, 6) is -0.0965. The first kappa shape index (κ1) is 22.5. The van der Waals surface area contributed by atoms with E-state index in [9.17, 15) is 14.4 Å². The Bertz CT molecular complexity index is 550. The molecule has 0 bridgehead atoms. The molecule has 1 aliphatic heterocycles. The van der Waals surface area contributed by atoms with E-state index >= 15 is 0 Å². The topological polar surface area (TPSA) is 87.7 Å². The van der Waals surface area contributed by atoms with Crippen LogP contribution in [0.25, 0.3) is 0 Å². The van der Waals surface area contributed by atoms with E-state index in [1.807, 2.05) is 25.7 Å². The van der Waals surface area contributed by atoms with E-state index in [4.69, 9.17) is 4.74 Å². The molecule has 160 valence electrons. The summed E-state index contributed by atoms with van der Waals surface area (Å²) in [6.45, 7) is 8.35. The highest BCUT2D eigenvalue weighted by Crippen LogP contribution is 2.26. The zero-order valence-corrected chi connectivity index (χ0v) is 17.9. The Morgan fingerprint density at radius 3 is 2.07 bits per heavy atom. The second-order valence-electron chi connectivity index (χ2n) is 9.15. The molecule has 0 aromatic carbocycles. The van der Waals surface area contributed by atoms with Crippen LogP contribution in [-0.2, 0) is 14.3 Å². The quantitative estimate of drug-likeness (QED) is 0.769. The molecule has 0 unspecified atom stereocenters. The van der Waals surface area contributed by atoms with Crippen molar-refractivity contribution in [3.8, 4) is 0 Å². The first-order valence-electron chi connectivity index (χ1n) is 10.7. The van der Waals surface area contributed by atoms with Gasteiger partial charge in [0.15, 0.2) is 0 Å². The van der Waals surface area contributed by atoms with Crippen LogP contribution >= 0.6 is 0 Å². The van der Waals surface area contributed by atoms with Crippen molar-refractivity contribution >= 4 is 17.9 Å². The minimum Gasteiger partial charge on any atom is -0.444 e. The molecule has 1 saturated carbocycles. The first-order valence-corrected chi connectivity index (χ1v) is 10.7. The summed E-state index contributed by atoms with van der Waals surface area (Å²) in [6, 6.07) is -0.0368. The number of nitrogens with one attached hydrogen (secondary N) is 2. The van der Waals surface area contributed by atoms with E-state index in [2.05, 4.69) is 10.6 Å². The average Bonchev–Trinajstić information content (AvgIpc) is 2.55. The fraction of sp³-hybridized carbons (Fsp3) is 0.857. The van der Waals surface area contributed by atoms with E-state index < -0.39 is 11.7 Å². The van der Waals surface area contributed by atoms with Crippen LogP contribution in [0.3, 0.4) is 0 Å². The van der Waals surface area contributed by atoms with Crippen LogP contribution in [0.1, 0.15) is 79.1 Å². The monoisotopic (exact) mass is 395 g/mol. The number of hydrogen-bond acceptors (Lipinski definition) is 4. The molecule has 7 nitrogen and oxygen atoms in total. The number of rotatable bonds is 3. The maximum absolute atomic E-state index is 13.3. The second kappa shape index (κ2) is 10.1. The van der Waals surface area contributed by atoms with Crippen molar-refractivity contribution in [3.05, 3.63) is 0 Å². The van der Waals surface area contributed by atoms with Gasteiger partial charge in [-0.1, -0.05) is 25.7 Å². The van der Waals surface area contributed by atoms with Crippen LogP contribution in [-0.4, -0.2) is 53.6 Å². The lowest BCUT2D eigenvalue weighted by molar-refractivity contribution is -0.138. The molecule has 0 aromatic heterocycles. The molecule has 0 spiro atoms. The van der Waals surface area contributed by atoms with Crippen molar-refractivity contribution < 1.29 is 19.1 Å². The number of likely N-dealkylation sites (tertiary alicyclic amines) is 1. The van der Waals surface area contributed by atoms with Gasteiger partial charge in [-0.05, 0) is 46.5 Å². The Hall–Kier alpha value is -1.79. The minimum atomic E-state index is -0.559. The van der Waals surface area contributed by atoms with Crippen LogP contribution in [0.5, 0.6) is 0 Å². The van der Waals surface area contributed by atoms with Crippen molar-refractivity contribution in [2.24, 2.45) is 5.92 Å². The first-order chi connectivity index (χ1) is 13.2. The molecule has 1 heterocycles. The highest BCUT2D eigenvalue weighted by atomic mass is 16.6. The predicted molar refractivity (Wildman–Crippen MR) is 108 cm³/mol. The molecular formula is C21H37N3O4. The summed E-state index contributed by atoms with van der Waals surface area (Å²) < 4.78 is 5.42. The van der Waals surface area contributed by atoms with Crippen molar-refractivity contribution in [2.45, 2.75) is 96.7 Å². The van der Waals surface area contributed by atoms with Crippen LogP contribution in [0.4, 0.5) is 4.79 Å². The van der Waals surface area contributed by atoms with Gasteiger partial charge in [-0.2, -0.15) is 0 Å². The Balaban J connectivity index is 2.00. The molecule has 2 N–H and O–H groups in total. The molecule has 1 saturated heterocycles. The summed E-state index contributed by atoms with van der Waals surface area (Å²) in [6.07, 6.45) is 7.00. The van der Waals surface area contributed by atoms with E-state index in [0.717, 1.165) is 51.4 Å². The van der Waals surface area contributed by atoms with E-state index in [1.165, 1.54) is 6.92 Å². The maximum Gasteiger partial charge on any atom is 0.407 e. The zero-order chi connectivity index (χ0) is 20.7. The normalized spacial score (nSPS) is 24.6. The SMILES string of the molecule is CC(=O)NC1CCN(C(=O)[C@H]2CCCCCC[C@@H]2NC(=O)OC(C)(C)C)CC1. The Morgan fingerprint density at radius 1 is 0.893 bits per heavy atom. The average molecular weight is 396 g/mol. The summed E-state index contributed by atoms with van der Waals surface area (Å²) in [5.41, 5.74) is -0.559. The Labute approximate surface area is 168 Å². The van der Waals surface area contributed by atoms with Gasteiger partial charge >= 0.3 is 6.09 Å². The van der Waals surface area contributed by atoms with Gasteiger partial charge < -0.3 is 20.3 Å². The number of ether oxygens (including phenoxy) is 1. The lowest BCUT2D eigenvalue weighted by Gasteiger charge is -2.37. The highest BCUT2D eigenvalue weighted by Gasteiger charge is 2.35. The van der Waals surface area contributed by atoms with Crippen molar-refractivity contribution in [1.82, 2.24) is 15.5 Å². The predicted octanol–water partition coefficient (Wildman–Crippen LogP) is 2.98. The number of amides is 3. The van der Waals surface area contributed by atoms with Gasteiger partial charge in [0.1, 0.15) is 5.60 Å². The summed E-state index contributed by atoms with van der Waals surface area (Å²) >= 11 is 0. The Morgan fingerprint density at radius 2 is 1.50 bits per heavy atom. The lowest BCUT2D eigenvalue weighted by atomic mass is 9.85. The van der Waals surface area contributed by atoms with Crippen LogP contribution < -0.4 is 10.6 Å². The largest absolute Gasteiger partial charge is 0.444 e. The number of carbonyl (C=O) groups excluding carboxylic acids is 3. The van der Waals surface area contributed by atoms with Crippen LogP contribution in [0, 0.1) is 5.92 Å². The lowest BCUT2D eigenvalue weighted by Crippen LogP contribution is -2.52. The molecule has 2 atom stereocenters. The van der Waals surface area contributed by atoms with Crippen LogP contribution in [0.2, 0.25) is 0 Å². The molecule has 7 heteroatoms. The van der Waals surface area contributed by atoms with Crippen LogP contribution in [0.15, 0.2) is 0 Å². The molecule has 2 fully saturated rings. The molecule has 3 amide bonds. The van der Waals surface area contributed by atoms with E-state index in [1.54, 1.807) is 0 Å². The molecular weight excluding hydrogens is 358 g/mol. The van der Waals surface area contributed by atoms with Gasteiger partial charge in [0.2, 0.25) is 11.8 Å². The van der Waals surface area contributed by atoms with E-state index in [0.29, 0.717) is 13.1 Å². The smallest absolute Gasteiger partial charge is 0.407 e. The zero-order valence-electron chi connectivity index (χ0n) is 17.9. The summed E-state index contributed by atoms with van der Waals surface area (Å²) in [4.78, 5) is 38.7. The van der Waals surface area contributed by atoms with Crippen molar-refractivity contribution in [3.63, 3.8) is 0 Å². The number of piperidine rings is 1. The molecule has 2 rings (SSSR count). The van der Waals surface area contributed by atoms with Gasteiger partial charge in [0.25, 0.3) is 0 Å². The number of hydrogen-bond donors (Lipinski definition) is 2. The molecule has 28 heavy (non-hydrogen) atoms. The standard InChI is InChI=1S/C21H37N3O4/c1-15(25)22-16-11-13-24(14-12-16)19(26)17-9-7-5-6-8-10-18(17)23-20(27)28-21(2,3)4/h16-18H,5-14H2,1-4H3,(H,22,25)(H,23,27)/t17-,18-/m0/s1. The highest BCUT2D eigenvalue weighted by molar-refractivity contribution is 5.81. The fourth-order valence-electron chi connectivity index (χ4n) is 4.18. The fourth-order valence-corrected chi connectivity index (χ4v) is 4.18. The van der Waals surface area contributed by atoms with Crippen molar-refractivity contribution in [2.75, 3.05) is 13.1 Å². The molecule has 1 aliphatic carbocycles. The second-order valence-corrected chi connectivity index (χ2v) is 9.15.